The number of fused-ring (bicyclic) bond motifs is 2. The highest BCUT2D eigenvalue weighted by atomic mass is 32.2. The minimum absolute atomic E-state index is 0.0532. The molecule has 49 heavy (non-hydrogen) atoms. The molecule has 0 atom stereocenters. The highest BCUT2D eigenvalue weighted by molar-refractivity contribution is 7.98. The third-order valence-electron chi connectivity index (χ3n) is 7.66. The van der Waals surface area contributed by atoms with Gasteiger partial charge in [-0.05, 0) is 42.7 Å². The number of aryl methyl sites for hydroxylation is 1. The predicted octanol–water partition coefficient (Wildman–Crippen LogP) is 3.78. The molecule has 8 aromatic rings. The van der Waals surface area contributed by atoms with Crippen molar-refractivity contribution >= 4 is 57.4 Å². The number of imidazole rings is 1. The lowest BCUT2D eigenvalue weighted by atomic mass is 10.2. The smallest absolute Gasteiger partial charge is 0.279 e. The van der Waals surface area contributed by atoms with Gasteiger partial charge in [-0.1, -0.05) is 59.9 Å². The Hall–Kier alpha value is -6.33. The Balaban J connectivity index is 1.43. The third kappa shape index (κ3) is 5.08. The maximum absolute atomic E-state index is 14.0. The lowest BCUT2D eigenvalue weighted by molar-refractivity contribution is 0.0996. The number of thioether (sulfide) groups is 1. The summed E-state index contributed by atoms with van der Waals surface area (Å²) in [5, 5.41) is 22.4. The number of para-hydroxylation sites is 3. The number of amides is 1. The van der Waals surface area contributed by atoms with Crippen LogP contribution in [-0.2, 0) is 7.05 Å². The zero-order chi connectivity index (χ0) is 33.6. The molecule has 0 spiro atoms. The van der Waals surface area contributed by atoms with E-state index in [1.807, 2.05) is 78.5 Å². The predicted molar refractivity (Wildman–Crippen MR) is 183 cm³/mol. The molecule has 0 saturated heterocycles. The van der Waals surface area contributed by atoms with E-state index in [0.717, 1.165) is 22.4 Å². The first-order valence-corrected chi connectivity index (χ1v) is 16.7. The Labute approximate surface area is 284 Å². The summed E-state index contributed by atoms with van der Waals surface area (Å²) in [4.78, 5) is 41.2. The molecule has 240 valence electrons. The van der Waals surface area contributed by atoms with Gasteiger partial charge in [-0.25, -0.2) is 9.67 Å². The molecule has 5 aromatic heterocycles. The van der Waals surface area contributed by atoms with Gasteiger partial charge in [-0.15, -0.1) is 27.1 Å². The second-order valence-corrected chi connectivity index (χ2v) is 12.3. The number of hydrogen-bond acceptors (Lipinski definition) is 12. The van der Waals surface area contributed by atoms with Gasteiger partial charge in [-0.3, -0.25) is 9.59 Å². The number of carbonyl (C=O) groups is 2. The van der Waals surface area contributed by atoms with Gasteiger partial charge in [0.2, 0.25) is 10.6 Å². The SMILES string of the molecule is CSc1nn(-c2ccccc2)c(-n2nc(C(=O)c3nnc4ncnn4c3N)sc2=NC(=O)c2ccccc2)c1-c1nc2ccccc2n1C. The molecule has 3 aromatic carbocycles. The molecule has 0 unspecified atom stereocenters. The standard InChI is InChI=1S/C32H23N13O2S2/c1-42-21-16-10-9-15-20(21)36-26(42)22-28(48-2)40-43(19-13-7-4-8-14-19)30(22)45-32(37-27(47)18-11-5-3-6-12-18)49-29(41-45)24(46)23-25(33)44-31(39-38-23)34-17-35-44/h3-17H,33H2,1-2H3. The van der Waals surface area contributed by atoms with Crippen LogP contribution in [-0.4, -0.2) is 71.9 Å². The monoisotopic (exact) mass is 685 g/mol. The van der Waals surface area contributed by atoms with Crippen molar-refractivity contribution in [1.82, 2.24) is 53.9 Å². The number of nitrogen functional groups attached to an aromatic ring is 1. The van der Waals surface area contributed by atoms with E-state index in [4.69, 9.17) is 20.9 Å². The largest absolute Gasteiger partial charge is 0.382 e. The van der Waals surface area contributed by atoms with Crippen molar-refractivity contribution in [3.8, 4) is 22.9 Å². The summed E-state index contributed by atoms with van der Waals surface area (Å²) >= 11 is 2.33. The lowest BCUT2D eigenvalue weighted by Crippen LogP contribution is -2.21. The quantitative estimate of drug-likeness (QED) is 0.190. The molecule has 0 aliphatic heterocycles. The average Bonchev–Trinajstić information content (AvgIpc) is 3.93. The van der Waals surface area contributed by atoms with Crippen LogP contribution in [0.2, 0.25) is 0 Å². The first-order chi connectivity index (χ1) is 23.9. The Kier molecular flexibility index (Phi) is 7.38. The van der Waals surface area contributed by atoms with Gasteiger partial charge in [0.1, 0.15) is 17.2 Å². The van der Waals surface area contributed by atoms with Gasteiger partial charge in [-0.2, -0.15) is 29.4 Å². The van der Waals surface area contributed by atoms with Crippen molar-refractivity contribution < 1.29 is 9.59 Å². The number of ketones is 1. The molecule has 0 radical (unpaired) electrons. The summed E-state index contributed by atoms with van der Waals surface area (Å²) in [7, 11) is 1.92. The number of nitrogens with zero attached hydrogens (tertiary/aromatic N) is 12. The van der Waals surface area contributed by atoms with Crippen LogP contribution < -0.4 is 10.5 Å². The van der Waals surface area contributed by atoms with Crippen molar-refractivity contribution in [3.63, 3.8) is 0 Å². The maximum atomic E-state index is 14.0. The van der Waals surface area contributed by atoms with E-state index < -0.39 is 11.7 Å². The molecule has 0 aliphatic rings. The minimum Gasteiger partial charge on any atom is -0.382 e. The van der Waals surface area contributed by atoms with E-state index in [-0.39, 0.29) is 27.1 Å². The van der Waals surface area contributed by atoms with Crippen LogP contribution in [0.5, 0.6) is 0 Å². The Morgan fingerprint density at radius 1 is 0.898 bits per heavy atom. The van der Waals surface area contributed by atoms with Crippen molar-refractivity contribution in [2.45, 2.75) is 5.03 Å². The van der Waals surface area contributed by atoms with Crippen LogP contribution in [0.4, 0.5) is 5.82 Å². The van der Waals surface area contributed by atoms with Crippen LogP contribution in [0.25, 0.3) is 39.7 Å². The van der Waals surface area contributed by atoms with Gasteiger partial charge in [0.25, 0.3) is 11.7 Å². The summed E-state index contributed by atoms with van der Waals surface area (Å²) in [5.74, 6) is -0.0865. The van der Waals surface area contributed by atoms with E-state index in [2.05, 4.69) is 25.3 Å². The fourth-order valence-corrected chi connectivity index (χ4v) is 6.72. The van der Waals surface area contributed by atoms with Crippen LogP contribution in [0.3, 0.4) is 0 Å². The summed E-state index contributed by atoms with van der Waals surface area (Å²) in [6, 6.07) is 25.9. The van der Waals surface area contributed by atoms with E-state index in [9.17, 15) is 9.59 Å². The molecule has 0 fully saturated rings. The Morgan fingerprint density at radius 3 is 2.39 bits per heavy atom. The first-order valence-electron chi connectivity index (χ1n) is 14.7. The highest BCUT2D eigenvalue weighted by Crippen LogP contribution is 2.37. The molecular weight excluding hydrogens is 663 g/mol. The van der Waals surface area contributed by atoms with E-state index in [1.165, 1.54) is 27.3 Å². The Bertz CT molecular complexity index is 2620. The van der Waals surface area contributed by atoms with Crippen LogP contribution >= 0.6 is 23.1 Å². The molecule has 8 rings (SSSR count). The molecule has 0 aliphatic carbocycles. The van der Waals surface area contributed by atoms with E-state index in [1.54, 1.807) is 28.9 Å². The summed E-state index contributed by atoms with van der Waals surface area (Å²) in [5.41, 5.74) is 9.49. The van der Waals surface area contributed by atoms with Crippen molar-refractivity contribution in [3.05, 3.63) is 112 Å². The van der Waals surface area contributed by atoms with Gasteiger partial charge >= 0.3 is 0 Å². The van der Waals surface area contributed by atoms with Gasteiger partial charge in [0, 0.05) is 12.6 Å². The summed E-state index contributed by atoms with van der Waals surface area (Å²) < 4.78 is 6.34. The topological polar surface area (TPSA) is 182 Å². The van der Waals surface area contributed by atoms with Crippen LogP contribution in [0.15, 0.2) is 101 Å². The lowest BCUT2D eigenvalue weighted by Gasteiger charge is -2.10. The fourth-order valence-electron chi connectivity index (χ4n) is 5.34. The number of carbonyl (C=O) groups excluding carboxylic acids is 2. The number of rotatable bonds is 7. The molecule has 17 heteroatoms. The summed E-state index contributed by atoms with van der Waals surface area (Å²) in [6.45, 7) is 0. The second kappa shape index (κ2) is 12.0. The number of hydrogen-bond donors (Lipinski definition) is 1. The molecule has 2 N–H and O–H groups in total. The number of nitrogens with two attached hydrogens (primary N) is 1. The van der Waals surface area contributed by atoms with Gasteiger partial charge in [0.05, 0.1) is 22.3 Å². The average molecular weight is 686 g/mol. The molecular formula is C32H23N13O2S2. The van der Waals surface area contributed by atoms with Crippen molar-refractivity contribution in [2.75, 3.05) is 12.0 Å². The molecule has 0 bridgehead atoms. The van der Waals surface area contributed by atoms with E-state index in [0.29, 0.717) is 33.5 Å². The second-order valence-electron chi connectivity index (χ2n) is 10.6. The number of anilines is 1. The van der Waals surface area contributed by atoms with Gasteiger partial charge < -0.3 is 10.3 Å². The van der Waals surface area contributed by atoms with Crippen LogP contribution in [0.1, 0.15) is 25.9 Å². The molecule has 15 nitrogen and oxygen atoms in total. The maximum Gasteiger partial charge on any atom is 0.279 e. The minimum atomic E-state index is -0.644. The van der Waals surface area contributed by atoms with Gasteiger partial charge in [0.15, 0.2) is 22.3 Å². The Morgan fingerprint density at radius 2 is 1.63 bits per heavy atom. The zero-order valence-electron chi connectivity index (χ0n) is 25.7. The summed E-state index contributed by atoms with van der Waals surface area (Å²) in [6.07, 6.45) is 3.18. The molecule has 5 heterocycles. The molecule has 0 saturated carbocycles. The number of benzene rings is 3. The zero-order valence-corrected chi connectivity index (χ0v) is 27.4. The highest BCUT2D eigenvalue weighted by Gasteiger charge is 2.30. The number of aromatic nitrogens is 11. The third-order valence-corrected chi connectivity index (χ3v) is 9.24. The normalized spacial score (nSPS) is 11.9. The van der Waals surface area contributed by atoms with Crippen molar-refractivity contribution in [1.29, 1.82) is 0 Å². The van der Waals surface area contributed by atoms with Crippen LogP contribution in [0, 0.1) is 0 Å². The van der Waals surface area contributed by atoms with Crippen molar-refractivity contribution in [2.24, 2.45) is 12.0 Å². The first kappa shape index (κ1) is 30.0. The fraction of sp³-hybridized carbons (Fsp3) is 0.0625. The van der Waals surface area contributed by atoms with E-state index >= 15 is 0 Å². The molecule has 1 amide bonds.